The molecule has 2 aromatic rings. The van der Waals surface area contributed by atoms with Gasteiger partial charge >= 0.3 is 0 Å². The minimum absolute atomic E-state index is 0.631. The van der Waals surface area contributed by atoms with E-state index in [0.29, 0.717) is 12.4 Å². The molecule has 0 unspecified atom stereocenters. The second-order valence-electron chi connectivity index (χ2n) is 4.98. The summed E-state index contributed by atoms with van der Waals surface area (Å²) in [6.45, 7) is 6.73. The normalized spacial score (nSPS) is 10.7. The summed E-state index contributed by atoms with van der Waals surface area (Å²) < 4.78 is 7.01. The van der Waals surface area contributed by atoms with E-state index in [0.717, 1.165) is 38.9 Å². The van der Waals surface area contributed by atoms with Crippen LogP contribution in [-0.2, 0) is 6.42 Å². The van der Waals surface area contributed by atoms with Gasteiger partial charge in [-0.1, -0.05) is 15.9 Å². The number of benzene rings is 1. The molecule has 0 aliphatic carbocycles. The first-order valence-electron chi connectivity index (χ1n) is 6.61. The van der Waals surface area contributed by atoms with Crippen molar-refractivity contribution in [3.63, 3.8) is 0 Å². The quantitative estimate of drug-likeness (QED) is 0.916. The van der Waals surface area contributed by atoms with E-state index in [1.165, 1.54) is 0 Å². The molecule has 0 radical (unpaired) electrons. The molecule has 0 aliphatic heterocycles. The Labute approximate surface area is 128 Å². The molecule has 3 nitrogen and oxygen atoms in total. The first-order valence-corrected chi connectivity index (χ1v) is 7.40. The predicted octanol–water partition coefficient (Wildman–Crippen LogP) is 4.06. The van der Waals surface area contributed by atoms with Crippen LogP contribution >= 0.6 is 15.9 Å². The second-order valence-corrected chi connectivity index (χ2v) is 5.77. The van der Waals surface area contributed by atoms with E-state index in [1.54, 1.807) is 0 Å². The summed E-state index contributed by atoms with van der Waals surface area (Å²) >= 11 is 3.56. The predicted molar refractivity (Wildman–Crippen MR) is 85.4 cm³/mol. The molecule has 4 heteroatoms. The van der Waals surface area contributed by atoms with Gasteiger partial charge < -0.3 is 10.5 Å². The molecule has 20 heavy (non-hydrogen) atoms. The van der Waals surface area contributed by atoms with Crippen LogP contribution in [0.4, 0.5) is 0 Å². The highest BCUT2D eigenvalue weighted by atomic mass is 79.9. The second kappa shape index (κ2) is 6.37. The van der Waals surface area contributed by atoms with Gasteiger partial charge in [-0.3, -0.25) is 0 Å². The number of nitrogens with two attached hydrogens (primary N) is 1. The van der Waals surface area contributed by atoms with Gasteiger partial charge in [0.1, 0.15) is 5.75 Å². The van der Waals surface area contributed by atoms with E-state index in [9.17, 15) is 0 Å². The summed E-state index contributed by atoms with van der Waals surface area (Å²) in [7, 11) is 0. The van der Waals surface area contributed by atoms with Crippen molar-refractivity contribution in [1.82, 2.24) is 4.98 Å². The van der Waals surface area contributed by atoms with Crippen LogP contribution in [0, 0.1) is 20.8 Å². The Morgan fingerprint density at radius 1 is 1.10 bits per heavy atom. The lowest BCUT2D eigenvalue weighted by Crippen LogP contribution is -2.03. The lowest BCUT2D eigenvalue weighted by atomic mass is 10.1. The number of aromatic nitrogens is 1. The van der Waals surface area contributed by atoms with E-state index in [4.69, 9.17) is 10.5 Å². The molecule has 1 aromatic heterocycles. The van der Waals surface area contributed by atoms with Crippen LogP contribution in [0.25, 0.3) is 0 Å². The lowest BCUT2D eigenvalue weighted by molar-refractivity contribution is 0.457. The molecule has 0 aliphatic rings. The molecule has 0 saturated carbocycles. The topological polar surface area (TPSA) is 48.1 Å². The fourth-order valence-electron chi connectivity index (χ4n) is 2.11. The van der Waals surface area contributed by atoms with E-state index >= 15 is 0 Å². The number of rotatable bonds is 4. The SMILES string of the molecule is Cc1cc(CCN)cnc1Oc1cc(C)c(Br)c(C)c1. The number of ether oxygens (including phenoxy) is 1. The Morgan fingerprint density at radius 2 is 1.75 bits per heavy atom. The zero-order valence-corrected chi connectivity index (χ0v) is 13.6. The zero-order valence-electron chi connectivity index (χ0n) is 12.0. The first kappa shape index (κ1) is 15.0. The molecular formula is C16H19BrN2O. The Balaban J connectivity index is 2.26. The maximum Gasteiger partial charge on any atom is 0.222 e. The van der Waals surface area contributed by atoms with Crippen molar-refractivity contribution in [2.24, 2.45) is 5.73 Å². The number of pyridine rings is 1. The smallest absolute Gasteiger partial charge is 0.222 e. The van der Waals surface area contributed by atoms with Gasteiger partial charge in [-0.05, 0) is 68.6 Å². The van der Waals surface area contributed by atoms with Gasteiger partial charge in [0.25, 0.3) is 0 Å². The van der Waals surface area contributed by atoms with Crippen molar-refractivity contribution in [2.45, 2.75) is 27.2 Å². The molecule has 1 heterocycles. The summed E-state index contributed by atoms with van der Waals surface area (Å²) in [5.74, 6) is 1.46. The van der Waals surface area contributed by atoms with E-state index in [1.807, 2.05) is 25.3 Å². The van der Waals surface area contributed by atoms with Crippen molar-refractivity contribution in [2.75, 3.05) is 6.54 Å². The van der Waals surface area contributed by atoms with Gasteiger partial charge in [-0.25, -0.2) is 4.98 Å². The average Bonchev–Trinajstić information content (AvgIpc) is 2.39. The Bertz CT molecular complexity index is 603. The minimum Gasteiger partial charge on any atom is -0.439 e. The van der Waals surface area contributed by atoms with Crippen molar-refractivity contribution < 1.29 is 4.74 Å². The van der Waals surface area contributed by atoms with Crippen LogP contribution in [0.5, 0.6) is 11.6 Å². The standard InChI is InChI=1S/C16H19BrN2O/c1-10-7-14(8-11(2)15(10)17)20-16-12(3)6-13(4-5-18)9-19-16/h6-9H,4-5,18H2,1-3H3. The van der Waals surface area contributed by atoms with Crippen molar-refractivity contribution in [3.05, 3.63) is 51.1 Å². The molecule has 0 amide bonds. The summed E-state index contributed by atoms with van der Waals surface area (Å²) in [5.41, 5.74) is 10.0. The zero-order chi connectivity index (χ0) is 14.7. The minimum atomic E-state index is 0.631. The van der Waals surface area contributed by atoms with Crippen LogP contribution in [-0.4, -0.2) is 11.5 Å². The highest BCUT2D eigenvalue weighted by Gasteiger charge is 2.07. The number of aryl methyl sites for hydroxylation is 3. The fraction of sp³-hybridized carbons (Fsp3) is 0.312. The maximum atomic E-state index is 5.90. The third kappa shape index (κ3) is 3.38. The van der Waals surface area contributed by atoms with Gasteiger partial charge in [0.2, 0.25) is 5.88 Å². The van der Waals surface area contributed by atoms with Crippen molar-refractivity contribution >= 4 is 15.9 Å². The third-order valence-corrected chi connectivity index (χ3v) is 4.40. The molecule has 2 rings (SSSR count). The van der Waals surface area contributed by atoms with E-state index < -0.39 is 0 Å². The van der Waals surface area contributed by atoms with Gasteiger partial charge in [0.15, 0.2) is 0 Å². The molecular weight excluding hydrogens is 316 g/mol. The molecule has 0 saturated heterocycles. The van der Waals surface area contributed by atoms with E-state index in [-0.39, 0.29) is 0 Å². The summed E-state index contributed by atoms with van der Waals surface area (Å²) in [6, 6.07) is 6.09. The van der Waals surface area contributed by atoms with Crippen LogP contribution < -0.4 is 10.5 Å². The number of hydrogen-bond acceptors (Lipinski definition) is 3. The first-order chi connectivity index (χ1) is 9.51. The average molecular weight is 335 g/mol. The monoisotopic (exact) mass is 334 g/mol. The molecule has 0 atom stereocenters. The largest absolute Gasteiger partial charge is 0.439 e. The molecule has 0 spiro atoms. The fourth-order valence-corrected chi connectivity index (χ4v) is 2.34. The number of halogens is 1. The van der Waals surface area contributed by atoms with Gasteiger partial charge in [0.05, 0.1) is 0 Å². The van der Waals surface area contributed by atoms with Crippen LogP contribution in [0.3, 0.4) is 0 Å². The van der Waals surface area contributed by atoms with Crippen LogP contribution in [0.1, 0.15) is 22.3 Å². The number of hydrogen-bond donors (Lipinski definition) is 1. The highest BCUT2D eigenvalue weighted by Crippen LogP contribution is 2.30. The third-order valence-electron chi connectivity index (χ3n) is 3.14. The Hall–Kier alpha value is -1.39. The Kier molecular flexibility index (Phi) is 4.78. The van der Waals surface area contributed by atoms with Gasteiger partial charge in [0, 0.05) is 16.2 Å². The van der Waals surface area contributed by atoms with Gasteiger partial charge in [-0.15, -0.1) is 0 Å². The molecule has 2 N–H and O–H groups in total. The summed E-state index contributed by atoms with van der Waals surface area (Å²) in [6.07, 6.45) is 2.67. The molecule has 106 valence electrons. The highest BCUT2D eigenvalue weighted by molar-refractivity contribution is 9.10. The molecule has 0 fully saturated rings. The van der Waals surface area contributed by atoms with Crippen molar-refractivity contribution in [3.8, 4) is 11.6 Å². The van der Waals surface area contributed by atoms with Crippen LogP contribution in [0.2, 0.25) is 0 Å². The number of nitrogens with zero attached hydrogens (tertiary/aromatic N) is 1. The van der Waals surface area contributed by atoms with Crippen LogP contribution in [0.15, 0.2) is 28.9 Å². The summed E-state index contributed by atoms with van der Waals surface area (Å²) in [5, 5.41) is 0. The Morgan fingerprint density at radius 3 is 2.30 bits per heavy atom. The maximum absolute atomic E-state index is 5.90. The molecule has 0 bridgehead atoms. The summed E-state index contributed by atoms with van der Waals surface area (Å²) in [4.78, 5) is 4.38. The van der Waals surface area contributed by atoms with Crippen molar-refractivity contribution in [1.29, 1.82) is 0 Å². The van der Waals surface area contributed by atoms with E-state index in [2.05, 4.69) is 40.8 Å². The lowest BCUT2D eigenvalue weighted by Gasteiger charge is -2.11. The van der Waals surface area contributed by atoms with Gasteiger partial charge in [-0.2, -0.15) is 0 Å². The molecule has 1 aromatic carbocycles.